The molecular formula is C24H34O5. The lowest BCUT2D eigenvalue weighted by Gasteiger charge is -2.58. The van der Waals surface area contributed by atoms with E-state index in [2.05, 4.69) is 0 Å². The van der Waals surface area contributed by atoms with Crippen molar-refractivity contribution in [2.24, 2.45) is 40.9 Å². The summed E-state index contributed by atoms with van der Waals surface area (Å²) in [6.07, 6.45) is 11.7. The van der Waals surface area contributed by atoms with Crippen LogP contribution < -0.4 is 0 Å². The lowest BCUT2D eigenvalue weighted by molar-refractivity contribution is -0.295. The van der Waals surface area contributed by atoms with E-state index in [1.54, 1.807) is 0 Å². The molecule has 1 heterocycles. The highest BCUT2D eigenvalue weighted by Gasteiger charge is 2.63. The van der Waals surface area contributed by atoms with Crippen LogP contribution in [0.2, 0.25) is 0 Å². The van der Waals surface area contributed by atoms with Crippen molar-refractivity contribution in [3.63, 3.8) is 0 Å². The van der Waals surface area contributed by atoms with Gasteiger partial charge < -0.3 is 19.3 Å². The number of hydrogen-bond donors (Lipinski definition) is 1. The molecule has 0 aromatic rings. The molecule has 160 valence electrons. The molecule has 0 aromatic carbocycles. The SMILES string of the molecule is O=C(OCC1COC2(O1)C1CC3CC(C1)CC2C3)C12CC3CC(CC(O)(C3)C1)C2. The third-order valence-electron chi connectivity index (χ3n) is 9.99. The van der Waals surface area contributed by atoms with Gasteiger partial charge in [0.2, 0.25) is 0 Å². The van der Waals surface area contributed by atoms with Gasteiger partial charge in [0, 0.05) is 11.8 Å². The summed E-state index contributed by atoms with van der Waals surface area (Å²) in [4.78, 5) is 13.2. The maximum atomic E-state index is 13.2. The second kappa shape index (κ2) is 5.77. The van der Waals surface area contributed by atoms with Crippen molar-refractivity contribution in [2.75, 3.05) is 13.2 Å². The van der Waals surface area contributed by atoms with Crippen molar-refractivity contribution < 1.29 is 24.1 Å². The van der Waals surface area contributed by atoms with E-state index in [9.17, 15) is 9.90 Å². The largest absolute Gasteiger partial charge is 0.462 e. The predicted octanol–water partition coefficient (Wildman–Crippen LogP) is 3.43. The summed E-state index contributed by atoms with van der Waals surface area (Å²) in [6.45, 7) is 0.861. The normalized spacial score (nSPS) is 59.0. The van der Waals surface area contributed by atoms with Crippen molar-refractivity contribution in [2.45, 2.75) is 88.1 Å². The number of hydrogen-bond acceptors (Lipinski definition) is 5. The topological polar surface area (TPSA) is 65.0 Å². The average Bonchev–Trinajstić information content (AvgIpc) is 3.07. The van der Waals surface area contributed by atoms with Gasteiger partial charge in [-0.15, -0.1) is 0 Å². The highest BCUT2D eigenvalue weighted by atomic mass is 16.8. The van der Waals surface area contributed by atoms with E-state index in [-0.39, 0.29) is 17.9 Å². The number of carbonyl (C=O) groups excluding carboxylic acids is 1. The van der Waals surface area contributed by atoms with Gasteiger partial charge >= 0.3 is 5.97 Å². The summed E-state index contributed by atoms with van der Waals surface area (Å²) in [5.41, 5.74) is -1.07. The molecule has 5 heteroatoms. The van der Waals surface area contributed by atoms with E-state index in [0.29, 0.717) is 43.3 Å². The van der Waals surface area contributed by atoms with Gasteiger partial charge in [-0.3, -0.25) is 4.79 Å². The van der Waals surface area contributed by atoms with Crippen molar-refractivity contribution in [1.29, 1.82) is 0 Å². The van der Waals surface area contributed by atoms with Gasteiger partial charge in [-0.2, -0.15) is 0 Å². The molecule has 9 aliphatic rings. The Labute approximate surface area is 172 Å². The van der Waals surface area contributed by atoms with Crippen LogP contribution >= 0.6 is 0 Å². The Hall–Kier alpha value is -0.650. The Morgan fingerprint density at radius 1 is 0.897 bits per heavy atom. The van der Waals surface area contributed by atoms with Crippen molar-refractivity contribution in [3.8, 4) is 0 Å². The zero-order valence-corrected chi connectivity index (χ0v) is 17.3. The minimum Gasteiger partial charge on any atom is -0.462 e. The van der Waals surface area contributed by atoms with E-state index in [0.717, 1.165) is 37.5 Å². The molecule has 3 atom stereocenters. The smallest absolute Gasteiger partial charge is 0.312 e. The molecule has 9 rings (SSSR count). The Bertz CT molecular complexity index is 689. The van der Waals surface area contributed by atoms with Crippen molar-refractivity contribution >= 4 is 5.97 Å². The molecule has 1 aliphatic heterocycles. The molecule has 3 unspecified atom stereocenters. The minimum atomic E-state index is -0.624. The van der Waals surface area contributed by atoms with E-state index < -0.39 is 11.0 Å². The van der Waals surface area contributed by atoms with Crippen LogP contribution in [0.4, 0.5) is 0 Å². The number of esters is 1. The molecule has 1 N–H and O–H groups in total. The molecule has 9 fully saturated rings. The maximum absolute atomic E-state index is 13.2. The van der Waals surface area contributed by atoms with Gasteiger partial charge in [0.1, 0.15) is 12.7 Å². The number of carbonyl (C=O) groups is 1. The van der Waals surface area contributed by atoms with Gasteiger partial charge in [0.15, 0.2) is 5.79 Å². The second-order valence-corrected chi connectivity index (χ2v) is 12.1. The first-order valence-corrected chi connectivity index (χ1v) is 12.2. The number of ether oxygens (including phenoxy) is 3. The zero-order chi connectivity index (χ0) is 19.4. The summed E-state index contributed by atoms with van der Waals surface area (Å²) in [5.74, 6) is 3.37. The standard InChI is InChI=1S/C24H34O5/c25-21(22-7-16-2-17(8-22)10-23(26,9-16)13-22)27-11-20-12-28-24(29-20)18-3-14-1-15(5-18)6-19(24)4-14/h14-20,26H,1-13H2. The fourth-order valence-corrected chi connectivity index (χ4v) is 9.68. The van der Waals surface area contributed by atoms with Crippen LogP contribution in [0.3, 0.4) is 0 Å². The molecule has 0 radical (unpaired) electrons. The third-order valence-corrected chi connectivity index (χ3v) is 9.99. The first-order valence-electron chi connectivity index (χ1n) is 12.2. The second-order valence-electron chi connectivity index (χ2n) is 12.1. The molecule has 29 heavy (non-hydrogen) atoms. The highest BCUT2D eigenvalue weighted by molar-refractivity contribution is 5.77. The van der Waals surface area contributed by atoms with E-state index in [1.165, 1.54) is 38.5 Å². The van der Waals surface area contributed by atoms with Gasteiger partial charge in [0.05, 0.1) is 17.6 Å². The van der Waals surface area contributed by atoms with E-state index >= 15 is 0 Å². The summed E-state index contributed by atoms with van der Waals surface area (Å²) in [7, 11) is 0. The van der Waals surface area contributed by atoms with Crippen LogP contribution in [-0.2, 0) is 19.0 Å². The minimum absolute atomic E-state index is 0.0837. The monoisotopic (exact) mass is 402 g/mol. The molecule has 0 aromatic heterocycles. The fourth-order valence-electron chi connectivity index (χ4n) is 9.68. The number of aliphatic hydroxyl groups is 1. The van der Waals surface area contributed by atoms with E-state index in [1.807, 2.05) is 0 Å². The predicted molar refractivity (Wildman–Crippen MR) is 104 cm³/mol. The van der Waals surface area contributed by atoms with Gasteiger partial charge in [0.25, 0.3) is 0 Å². The fraction of sp³-hybridized carbons (Fsp3) is 0.958. The van der Waals surface area contributed by atoms with Crippen molar-refractivity contribution in [1.82, 2.24) is 0 Å². The Morgan fingerprint density at radius 2 is 1.52 bits per heavy atom. The summed E-state index contributed by atoms with van der Waals surface area (Å²) in [5, 5.41) is 10.9. The molecular weight excluding hydrogens is 368 g/mol. The van der Waals surface area contributed by atoms with Crippen molar-refractivity contribution in [3.05, 3.63) is 0 Å². The zero-order valence-electron chi connectivity index (χ0n) is 17.3. The Kier molecular flexibility index (Phi) is 3.58. The Morgan fingerprint density at radius 3 is 2.14 bits per heavy atom. The van der Waals surface area contributed by atoms with Crippen LogP contribution in [0.1, 0.15) is 70.6 Å². The van der Waals surface area contributed by atoms with Crippen LogP contribution in [0.5, 0.6) is 0 Å². The lowest BCUT2D eigenvalue weighted by atomic mass is 9.48. The lowest BCUT2D eigenvalue weighted by Crippen LogP contribution is -2.59. The number of rotatable bonds is 3. The van der Waals surface area contributed by atoms with E-state index in [4.69, 9.17) is 14.2 Å². The van der Waals surface area contributed by atoms with Crippen LogP contribution in [0.25, 0.3) is 0 Å². The molecule has 8 bridgehead atoms. The average molecular weight is 403 g/mol. The van der Waals surface area contributed by atoms with Gasteiger partial charge in [-0.1, -0.05) is 0 Å². The molecule has 1 saturated heterocycles. The van der Waals surface area contributed by atoms with Gasteiger partial charge in [-0.05, 0) is 94.3 Å². The molecule has 8 saturated carbocycles. The third kappa shape index (κ3) is 2.53. The maximum Gasteiger partial charge on any atom is 0.312 e. The molecule has 5 nitrogen and oxygen atoms in total. The molecule has 8 aliphatic carbocycles. The molecule has 0 amide bonds. The first kappa shape index (κ1) is 18.0. The van der Waals surface area contributed by atoms with Gasteiger partial charge in [-0.25, -0.2) is 0 Å². The summed E-state index contributed by atoms with van der Waals surface area (Å²) >= 11 is 0. The first-order chi connectivity index (χ1) is 13.9. The van der Waals surface area contributed by atoms with Crippen LogP contribution in [-0.4, -0.2) is 41.8 Å². The molecule has 1 spiro atoms. The highest BCUT2D eigenvalue weighted by Crippen LogP contribution is 2.63. The quantitative estimate of drug-likeness (QED) is 0.733. The summed E-state index contributed by atoms with van der Waals surface area (Å²) < 4.78 is 18.8. The van der Waals surface area contributed by atoms with Crippen LogP contribution in [0.15, 0.2) is 0 Å². The summed E-state index contributed by atoms with van der Waals surface area (Å²) in [6, 6.07) is 0. The Balaban J connectivity index is 1.02. The van der Waals surface area contributed by atoms with Crippen LogP contribution in [0, 0.1) is 40.9 Å².